The van der Waals surface area contributed by atoms with E-state index in [1.807, 2.05) is 19.1 Å². The van der Waals surface area contributed by atoms with Crippen molar-refractivity contribution in [1.82, 2.24) is 5.32 Å². The highest BCUT2D eigenvalue weighted by Gasteiger charge is 2.33. The number of hydrogen-bond donors (Lipinski definition) is 1. The van der Waals surface area contributed by atoms with Crippen molar-refractivity contribution in [3.05, 3.63) is 34.9 Å². The number of Topliss-reactive ketones (excluding diaryl/α,β-unsaturated/α-hetero) is 1. The SMILES string of the molecule is CC(C(=O)c1ccc2c(c1)C(=O)NCC2)C1CC1. The van der Waals surface area contributed by atoms with Gasteiger partial charge >= 0.3 is 0 Å². The topological polar surface area (TPSA) is 46.2 Å². The third-order valence-electron chi connectivity index (χ3n) is 4.06. The van der Waals surface area contributed by atoms with E-state index in [2.05, 4.69) is 5.32 Å². The standard InChI is InChI=1S/C15H17NO2/c1-9(10-2-3-10)14(17)12-5-4-11-6-7-16-15(18)13(11)8-12/h4-5,8-10H,2-3,6-7H2,1H3,(H,16,18). The summed E-state index contributed by atoms with van der Waals surface area (Å²) in [7, 11) is 0. The maximum Gasteiger partial charge on any atom is 0.251 e. The summed E-state index contributed by atoms with van der Waals surface area (Å²) in [5, 5.41) is 2.82. The van der Waals surface area contributed by atoms with Gasteiger partial charge in [-0.1, -0.05) is 19.1 Å². The van der Waals surface area contributed by atoms with Gasteiger partial charge in [-0.2, -0.15) is 0 Å². The van der Waals surface area contributed by atoms with Gasteiger partial charge in [-0.3, -0.25) is 9.59 Å². The van der Waals surface area contributed by atoms with Crippen LogP contribution in [-0.4, -0.2) is 18.2 Å². The van der Waals surface area contributed by atoms with E-state index in [1.165, 1.54) is 12.8 Å². The van der Waals surface area contributed by atoms with Gasteiger partial charge < -0.3 is 5.32 Å². The first-order valence-corrected chi connectivity index (χ1v) is 6.62. The Labute approximate surface area is 107 Å². The largest absolute Gasteiger partial charge is 0.352 e. The smallest absolute Gasteiger partial charge is 0.251 e. The summed E-state index contributed by atoms with van der Waals surface area (Å²) >= 11 is 0. The van der Waals surface area contributed by atoms with E-state index in [1.54, 1.807) is 6.07 Å². The highest BCUT2D eigenvalue weighted by molar-refractivity contribution is 6.02. The van der Waals surface area contributed by atoms with Crippen LogP contribution in [0.15, 0.2) is 18.2 Å². The lowest BCUT2D eigenvalue weighted by Crippen LogP contribution is -2.32. The molecule has 0 bridgehead atoms. The van der Waals surface area contributed by atoms with Gasteiger partial charge in [-0.25, -0.2) is 0 Å². The molecule has 1 amide bonds. The molecule has 94 valence electrons. The first kappa shape index (κ1) is 11.5. The van der Waals surface area contributed by atoms with Crippen molar-refractivity contribution in [3.63, 3.8) is 0 Å². The number of carbonyl (C=O) groups is 2. The van der Waals surface area contributed by atoms with E-state index in [9.17, 15) is 9.59 Å². The second kappa shape index (κ2) is 4.23. The van der Waals surface area contributed by atoms with Gasteiger partial charge in [0.05, 0.1) is 0 Å². The second-order valence-corrected chi connectivity index (χ2v) is 5.37. The highest BCUT2D eigenvalue weighted by Crippen LogP contribution is 2.38. The number of nitrogens with one attached hydrogen (secondary N) is 1. The number of benzene rings is 1. The third kappa shape index (κ3) is 1.94. The molecule has 3 nitrogen and oxygen atoms in total. The number of ketones is 1. The fraction of sp³-hybridized carbons (Fsp3) is 0.467. The van der Waals surface area contributed by atoms with E-state index in [0.717, 1.165) is 12.0 Å². The van der Waals surface area contributed by atoms with Crippen LogP contribution in [0.5, 0.6) is 0 Å². The van der Waals surface area contributed by atoms with Crippen molar-refractivity contribution in [1.29, 1.82) is 0 Å². The molecule has 1 unspecified atom stereocenters. The van der Waals surface area contributed by atoms with Crippen LogP contribution in [0, 0.1) is 11.8 Å². The zero-order valence-electron chi connectivity index (χ0n) is 10.5. The summed E-state index contributed by atoms with van der Waals surface area (Å²) in [6.07, 6.45) is 3.18. The monoisotopic (exact) mass is 243 g/mol. The second-order valence-electron chi connectivity index (χ2n) is 5.37. The minimum Gasteiger partial charge on any atom is -0.352 e. The fourth-order valence-electron chi connectivity index (χ4n) is 2.64. The first-order chi connectivity index (χ1) is 8.66. The van der Waals surface area contributed by atoms with Gasteiger partial charge in [0, 0.05) is 23.6 Å². The summed E-state index contributed by atoms with van der Waals surface area (Å²) in [5.74, 6) is 0.778. The van der Waals surface area contributed by atoms with Crippen LogP contribution in [0.3, 0.4) is 0 Å². The lowest BCUT2D eigenvalue weighted by atomic mass is 9.91. The predicted octanol–water partition coefficient (Wildman–Crippen LogP) is 2.20. The minimum atomic E-state index is -0.0509. The molecular formula is C15H17NO2. The molecule has 3 heteroatoms. The number of amides is 1. The molecule has 0 aromatic heterocycles. The molecule has 0 radical (unpaired) electrons. The van der Waals surface area contributed by atoms with Gasteiger partial charge in [0.1, 0.15) is 0 Å². The normalized spacial score (nSPS) is 19.9. The Morgan fingerprint density at radius 3 is 2.89 bits per heavy atom. The van der Waals surface area contributed by atoms with Gasteiger partial charge in [-0.05, 0) is 36.8 Å². The Morgan fingerprint density at radius 1 is 1.39 bits per heavy atom. The Hall–Kier alpha value is -1.64. The Morgan fingerprint density at radius 2 is 2.17 bits per heavy atom. The van der Waals surface area contributed by atoms with Crippen molar-refractivity contribution in [2.24, 2.45) is 11.8 Å². The molecule has 2 aliphatic rings. The van der Waals surface area contributed by atoms with E-state index in [4.69, 9.17) is 0 Å². The Kier molecular flexibility index (Phi) is 2.69. The maximum atomic E-state index is 12.3. The number of hydrogen-bond acceptors (Lipinski definition) is 2. The molecule has 1 aromatic rings. The molecule has 0 saturated heterocycles. The molecule has 1 N–H and O–H groups in total. The van der Waals surface area contributed by atoms with Crippen molar-refractivity contribution in [3.8, 4) is 0 Å². The lowest BCUT2D eigenvalue weighted by molar-refractivity contribution is 0.0916. The van der Waals surface area contributed by atoms with Crippen molar-refractivity contribution >= 4 is 11.7 Å². The summed E-state index contributed by atoms with van der Waals surface area (Å²) in [4.78, 5) is 24.0. The van der Waals surface area contributed by atoms with E-state index < -0.39 is 0 Å². The van der Waals surface area contributed by atoms with Gasteiger partial charge in [-0.15, -0.1) is 0 Å². The Bertz CT molecular complexity index is 517. The summed E-state index contributed by atoms with van der Waals surface area (Å²) in [5.41, 5.74) is 2.41. The molecule has 1 saturated carbocycles. The molecule has 3 rings (SSSR count). The average Bonchev–Trinajstić information content (AvgIpc) is 3.21. The van der Waals surface area contributed by atoms with Crippen molar-refractivity contribution < 1.29 is 9.59 Å². The van der Waals surface area contributed by atoms with Gasteiger partial charge in [0.2, 0.25) is 0 Å². The molecule has 1 aliphatic carbocycles. The quantitative estimate of drug-likeness (QED) is 0.827. The molecule has 1 aromatic carbocycles. The molecule has 18 heavy (non-hydrogen) atoms. The van der Waals surface area contributed by atoms with Crippen LogP contribution in [0.4, 0.5) is 0 Å². The maximum absolute atomic E-state index is 12.3. The molecule has 1 heterocycles. The van der Waals surface area contributed by atoms with Crippen LogP contribution >= 0.6 is 0 Å². The first-order valence-electron chi connectivity index (χ1n) is 6.62. The molecule has 1 aliphatic heterocycles. The zero-order valence-corrected chi connectivity index (χ0v) is 10.5. The van der Waals surface area contributed by atoms with Crippen molar-refractivity contribution in [2.45, 2.75) is 26.2 Å². The number of fused-ring (bicyclic) bond motifs is 1. The predicted molar refractivity (Wildman–Crippen MR) is 68.7 cm³/mol. The number of rotatable bonds is 3. The van der Waals surface area contributed by atoms with Gasteiger partial charge in [0.25, 0.3) is 5.91 Å². The van der Waals surface area contributed by atoms with E-state index in [0.29, 0.717) is 23.6 Å². The zero-order chi connectivity index (χ0) is 12.7. The summed E-state index contributed by atoms with van der Waals surface area (Å²) in [6.45, 7) is 2.69. The van der Waals surface area contributed by atoms with Crippen LogP contribution in [0.25, 0.3) is 0 Å². The van der Waals surface area contributed by atoms with Crippen LogP contribution < -0.4 is 5.32 Å². The summed E-state index contributed by atoms with van der Waals surface area (Å²) < 4.78 is 0. The van der Waals surface area contributed by atoms with Crippen molar-refractivity contribution in [2.75, 3.05) is 6.54 Å². The van der Waals surface area contributed by atoms with Gasteiger partial charge in [0.15, 0.2) is 5.78 Å². The molecule has 0 spiro atoms. The fourth-order valence-corrected chi connectivity index (χ4v) is 2.64. The van der Waals surface area contributed by atoms with E-state index >= 15 is 0 Å². The third-order valence-corrected chi connectivity index (χ3v) is 4.06. The highest BCUT2D eigenvalue weighted by atomic mass is 16.1. The number of carbonyl (C=O) groups excluding carboxylic acids is 2. The molecular weight excluding hydrogens is 226 g/mol. The molecule has 1 fully saturated rings. The van der Waals surface area contributed by atoms with E-state index in [-0.39, 0.29) is 17.6 Å². The van der Waals surface area contributed by atoms with Crippen LogP contribution in [-0.2, 0) is 6.42 Å². The Balaban J connectivity index is 1.91. The average molecular weight is 243 g/mol. The lowest BCUT2D eigenvalue weighted by Gasteiger charge is -2.17. The summed E-state index contributed by atoms with van der Waals surface area (Å²) in [6, 6.07) is 5.57. The van der Waals surface area contributed by atoms with Crippen LogP contribution in [0.2, 0.25) is 0 Å². The van der Waals surface area contributed by atoms with Crippen LogP contribution in [0.1, 0.15) is 46.0 Å². The minimum absolute atomic E-state index is 0.0509. The molecule has 1 atom stereocenters.